The second-order valence-corrected chi connectivity index (χ2v) is 13.8. The first kappa shape index (κ1) is 37.6. The average molecular weight is 704 g/mol. The predicted molar refractivity (Wildman–Crippen MR) is 193 cm³/mol. The molecule has 0 aliphatic carbocycles. The fraction of sp³-hybridized carbons (Fsp3) is 0.316. The van der Waals surface area contributed by atoms with Crippen LogP contribution in [0.4, 0.5) is 5.69 Å². The zero-order valence-electron chi connectivity index (χ0n) is 29.5. The fourth-order valence-electron chi connectivity index (χ4n) is 5.55. The van der Waals surface area contributed by atoms with Crippen molar-refractivity contribution in [2.45, 2.75) is 50.7 Å². The van der Waals surface area contributed by atoms with Crippen molar-refractivity contribution in [2.24, 2.45) is 0 Å². The molecule has 0 aliphatic rings. The molecule has 50 heavy (non-hydrogen) atoms. The molecular formula is C38H45N3O8S. The number of sulfonamides is 1. The van der Waals surface area contributed by atoms with Gasteiger partial charge in [0, 0.05) is 31.1 Å². The lowest BCUT2D eigenvalue weighted by Gasteiger charge is -2.34. The predicted octanol–water partition coefficient (Wildman–Crippen LogP) is 5.39. The minimum atomic E-state index is -4.49. The zero-order chi connectivity index (χ0) is 36.4. The number of anilines is 1. The van der Waals surface area contributed by atoms with E-state index in [1.807, 2.05) is 75.4 Å². The van der Waals surface area contributed by atoms with E-state index in [0.29, 0.717) is 11.5 Å². The highest BCUT2D eigenvalue weighted by Gasteiger charge is 2.36. The smallest absolute Gasteiger partial charge is 0.265 e. The summed E-state index contributed by atoms with van der Waals surface area (Å²) < 4.78 is 52.1. The monoisotopic (exact) mass is 703 g/mol. The number of aryl methyl sites for hydroxylation is 1. The summed E-state index contributed by atoms with van der Waals surface area (Å²) in [6.45, 7) is 5.00. The molecule has 0 aliphatic heterocycles. The van der Waals surface area contributed by atoms with E-state index in [2.05, 4.69) is 5.32 Å². The van der Waals surface area contributed by atoms with Crippen molar-refractivity contribution in [1.29, 1.82) is 0 Å². The summed E-state index contributed by atoms with van der Waals surface area (Å²) in [6, 6.07) is 24.7. The largest absolute Gasteiger partial charge is 0.497 e. The van der Waals surface area contributed by atoms with Crippen LogP contribution in [0.5, 0.6) is 23.0 Å². The van der Waals surface area contributed by atoms with Crippen LogP contribution in [0.3, 0.4) is 0 Å². The van der Waals surface area contributed by atoms with Gasteiger partial charge in [-0.3, -0.25) is 13.9 Å². The van der Waals surface area contributed by atoms with Crippen LogP contribution in [-0.2, 0) is 32.6 Å². The number of amides is 2. The molecule has 0 fully saturated rings. The maximum absolute atomic E-state index is 14.8. The molecule has 0 spiro atoms. The molecule has 0 bridgehead atoms. The highest BCUT2D eigenvalue weighted by Crippen LogP contribution is 2.38. The molecule has 266 valence electrons. The maximum atomic E-state index is 14.8. The molecule has 2 amide bonds. The van der Waals surface area contributed by atoms with Gasteiger partial charge in [-0.2, -0.15) is 0 Å². The number of hydrogen-bond acceptors (Lipinski definition) is 8. The third kappa shape index (κ3) is 9.06. The first-order valence-corrected chi connectivity index (χ1v) is 17.5. The normalized spacial score (nSPS) is 11.8. The van der Waals surface area contributed by atoms with Crippen LogP contribution >= 0.6 is 0 Å². The molecule has 4 aromatic carbocycles. The molecule has 4 aromatic rings. The van der Waals surface area contributed by atoms with Gasteiger partial charge in [-0.25, -0.2) is 8.42 Å². The van der Waals surface area contributed by atoms with Gasteiger partial charge >= 0.3 is 0 Å². The van der Waals surface area contributed by atoms with Crippen LogP contribution in [0.2, 0.25) is 0 Å². The van der Waals surface area contributed by atoms with Crippen molar-refractivity contribution in [3.05, 3.63) is 108 Å². The van der Waals surface area contributed by atoms with Gasteiger partial charge in [0.15, 0.2) is 11.5 Å². The van der Waals surface area contributed by atoms with Crippen LogP contribution in [0.15, 0.2) is 95.9 Å². The molecule has 1 N–H and O–H groups in total. The summed E-state index contributed by atoms with van der Waals surface area (Å²) in [4.78, 5) is 30.1. The van der Waals surface area contributed by atoms with Crippen LogP contribution in [-0.4, -0.2) is 72.2 Å². The Morgan fingerprint density at radius 2 is 1.40 bits per heavy atom. The fourth-order valence-corrected chi connectivity index (χ4v) is 6.98. The first-order valence-electron chi connectivity index (χ1n) is 16.1. The maximum Gasteiger partial charge on any atom is 0.265 e. The lowest BCUT2D eigenvalue weighted by atomic mass is 10.0. The van der Waals surface area contributed by atoms with Crippen molar-refractivity contribution >= 4 is 27.5 Å². The number of carbonyl (C=O) groups excluding carboxylic acids is 2. The van der Waals surface area contributed by atoms with E-state index in [4.69, 9.17) is 18.9 Å². The van der Waals surface area contributed by atoms with Crippen LogP contribution in [0.1, 0.15) is 30.5 Å². The standard InChI is InChI=1S/C38H45N3O8S/c1-26(2)39-38(43)33(21-28-13-9-8-10-14-28)40(24-29-15-11-12-27(3)20-29)37(42)25-41(32-22-30(46-4)16-18-34(32)47-5)50(44,45)31-17-19-35(48-6)36(23-31)49-7/h8-20,22-23,26,33H,21,24-25H2,1-7H3,(H,39,43). The number of rotatable bonds is 16. The number of nitrogens with one attached hydrogen (secondary N) is 1. The summed E-state index contributed by atoms with van der Waals surface area (Å²) >= 11 is 0. The number of hydrogen-bond donors (Lipinski definition) is 1. The SMILES string of the molecule is COc1ccc(OC)c(N(CC(=O)N(Cc2cccc(C)c2)C(Cc2ccccc2)C(=O)NC(C)C)S(=O)(=O)c2ccc(OC)c(OC)c2)c1. The molecule has 0 saturated carbocycles. The number of benzene rings is 4. The van der Waals surface area contributed by atoms with Crippen LogP contribution < -0.4 is 28.6 Å². The third-order valence-electron chi connectivity index (χ3n) is 8.01. The van der Waals surface area contributed by atoms with Crippen molar-refractivity contribution in [3.8, 4) is 23.0 Å². The molecule has 1 atom stereocenters. The Labute approximate surface area is 294 Å². The van der Waals surface area contributed by atoms with Gasteiger partial charge in [-0.1, -0.05) is 60.2 Å². The molecule has 11 nitrogen and oxygen atoms in total. The lowest BCUT2D eigenvalue weighted by Crippen LogP contribution is -2.54. The molecule has 12 heteroatoms. The van der Waals surface area contributed by atoms with Crippen molar-refractivity contribution in [3.63, 3.8) is 0 Å². The third-order valence-corrected chi connectivity index (χ3v) is 9.77. The molecule has 1 unspecified atom stereocenters. The van der Waals surface area contributed by atoms with Crippen molar-refractivity contribution in [1.82, 2.24) is 10.2 Å². The number of methoxy groups -OCH3 is 4. The van der Waals surface area contributed by atoms with Gasteiger partial charge in [0.2, 0.25) is 11.8 Å². The number of carbonyl (C=O) groups is 2. The van der Waals surface area contributed by atoms with Gasteiger partial charge in [-0.15, -0.1) is 0 Å². The molecule has 0 heterocycles. The molecule has 4 rings (SSSR count). The summed E-state index contributed by atoms with van der Waals surface area (Å²) in [5.74, 6) is 0.0735. The Balaban J connectivity index is 1.90. The second kappa shape index (κ2) is 16.9. The summed E-state index contributed by atoms with van der Waals surface area (Å²) in [5, 5.41) is 2.97. The van der Waals surface area contributed by atoms with Crippen LogP contribution in [0.25, 0.3) is 0 Å². The Hall–Kier alpha value is -5.23. The van der Waals surface area contributed by atoms with E-state index >= 15 is 0 Å². The van der Waals surface area contributed by atoms with E-state index in [-0.39, 0.29) is 47.0 Å². The highest BCUT2D eigenvalue weighted by atomic mass is 32.2. The van der Waals surface area contributed by atoms with E-state index in [9.17, 15) is 18.0 Å². The quantitative estimate of drug-likeness (QED) is 0.165. The van der Waals surface area contributed by atoms with Crippen molar-refractivity contribution < 1.29 is 37.0 Å². The van der Waals surface area contributed by atoms with E-state index in [1.165, 1.54) is 57.6 Å². The minimum absolute atomic E-state index is 0.0447. The van der Waals surface area contributed by atoms with E-state index in [0.717, 1.165) is 21.0 Å². The second-order valence-electron chi connectivity index (χ2n) is 11.9. The van der Waals surface area contributed by atoms with Crippen LogP contribution in [0, 0.1) is 6.92 Å². The van der Waals surface area contributed by atoms with Gasteiger partial charge in [-0.05, 0) is 56.2 Å². The molecule has 0 saturated heterocycles. The Morgan fingerprint density at radius 3 is 2.02 bits per heavy atom. The first-order chi connectivity index (χ1) is 23.9. The minimum Gasteiger partial charge on any atom is -0.497 e. The van der Waals surface area contributed by atoms with Gasteiger partial charge in [0.05, 0.1) is 39.0 Å². The number of nitrogens with zero attached hydrogens (tertiary/aromatic N) is 2. The molecular weight excluding hydrogens is 658 g/mol. The van der Waals surface area contributed by atoms with Crippen molar-refractivity contribution in [2.75, 3.05) is 39.3 Å². The summed E-state index contributed by atoms with van der Waals surface area (Å²) in [5.41, 5.74) is 2.65. The Bertz CT molecular complexity index is 1880. The Kier molecular flexibility index (Phi) is 12.7. The van der Waals surface area contributed by atoms with Gasteiger partial charge < -0.3 is 29.2 Å². The van der Waals surface area contributed by atoms with Gasteiger partial charge in [0.1, 0.15) is 24.1 Å². The van der Waals surface area contributed by atoms with Gasteiger partial charge in [0.25, 0.3) is 10.0 Å². The topological polar surface area (TPSA) is 124 Å². The van der Waals surface area contributed by atoms with E-state index in [1.54, 1.807) is 12.1 Å². The number of ether oxygens (including phenoxy) is 4. The highest BCUT2D eigenvalue weighted by molar-refractivity contribution is 7.92. The lowest BCUT2D eigenvalue weighted by molar-refractivity contribution is -0.140. The summed E-state index contributed by atoms with van der Waals surface area (Å²) in [6.07, 6.45) is 0.196. The summed E-state index contributed by atoms with van der Waals surface area (Å²) in [7, 11) is 1.22. The van der Waals surface area contributed by atoms with E-state index < -0.39 is 28.5 Å². The molecule has 0 aromatic heterocycles. The Morgan fingerprint density at radius 1 is 0.740 bits per heavy atom. The zero-order valence-corrected chi connectivity index (χ0v) is 30.3. The molecule has 0 radical (unpaired) electrons. The average Bonchev–Trinajstić information content (AvgIpc) is 3.11.